The smallest absolute Gasteiger partial charge is 0.305 e. The number of anilines is 1. The minimum absolute atomic E-state index is 0.0309. The third-order valence-corrected chi connectivity index (χ3v) is 8.00. The molecule has 1 aromatic heterocycles. The van der Waals surface area contributed by atoms with Crippen LogP contribution in [-0.4, -0.2) is 45.7 Å². The van der Waals surface area contributed by atoms with E-state index in [1.165, 1.54) is 0 Å². The van der Waals surface area contributed by atoms with Crippen molar-refractivity contribution in [3.05, 3.63) is 95.8 Å². The van der Waals surface area contributed by atoms with E-state index in [1.54, 1.807) is 19.9 Å². The molecule has 3 aromatic rings. The van der Waals surface area contributed by atoms with Gasteiger partial charge in [-0.05, 0) is 55.5 Å². The first kappa shape index (κ1) is 31.4. The highest BCUT2D eigenvalue weighted by atomic mass is 19.1. The number of benzene rings is 2. The molecule has 0 radical (unpaired) electrons. The fraction of sp³-hybridized carbons (Fsp3) is 0.389. The highest BCUT2D eigenvalue weighted by molar-refractivity contribution is 6.12. The molecule has 1 amide bonds. The Labute approximate surface area is 258 Å². The summed E-state index contributed by atoms with van der Waals surface area (Å²) < 4.78 is 28.7. The molecule has 1 aliphatic heterocycles. The maximum atomic E-state index is 14.3. The number of carbonyl (C=O) groups excluding carboxylic acids is 1. The number of para-hydroxylation sites is 1. The van der Waals surface area contributed by atoms with Gasteiger partial charge in [0, 0.05) is 36.3 Å². The van der Waals surface area contributed by atoms with Crippen LogP contribution in [0.3, 0.4) is 0 Å². The van der Waals surface area contributed by atoms with Gasteiger partial charge < -0.3 is 24.5 Å². The first-order chi connectivity index (χ1) is 21.0. The van der Waals surface area contributed by atoms with Crippen LogP contribution in [0.5, 0.6) is 0 Å². The number of carboxylic acid groups (broad SMARTS) is 1. The molecule has 1 saturated heterocycles. The number of carbonyl (C=O) groups is 2. The Morgan fingerprint density at radius 1 is 1.05 bits per heavy atom. The van der Waals surface area contributed by atoms with Crippen LogP contribution in [0.25, 0.3) is 16.7 Å². The van der Waals surface area contributed by atoms with Gasteiger partial charge in [0.25, 0.3) is 5.91 Å². The largest absolute Gasteiger partial charge is 0.481 e. The normalized spacial score (nSPS) is 21.2. The van der Waals surface area contributed by atoms with E-state index >= 15 is 0 Å². The standard InChI is InChI=1S/C36H41FN2O5/c1-23(2)33-32(35(42)38-27-13-9-6-10-14-27)31(24-11-7-5-8-12-24)34(25-15-17-26(37)18-16-25)39(33)20-19-28-21-29(22-30(40)41)44-36(3,4)43-28/h5-17,23,26,28-29H,18-22H2,1-4H3,(H,38,42)(H,40,41)/t26?,28-,29-/m1/s1. The molecule has 5 rings (SSSR count). The number of carboxylic acids is 1. The number of aliphatic carboxylic acids is 1. The molecule has 2 N–H and O–H groups in total. The number of rotatable bonds is 10. The minimum Gasteiger partial charge on any atom is -0.481 e. The molecule has 0 saturated carbocycles. The van der Waals surface area contributed by atoms with E-state index in [4.69, 9.17) is 9.47 Å². The molecule has 2 heterocycles. The highest BCUT2D eigenvalue weighted by Gasteiger charge is 2.37. The Kier molecular flexibility index (Phi) is 9.51. The van der Waals surface area contributed by atoms with Crippen molar-refractivity contribution >= 4 is 23.1 Å². The fourth-order valence-electron chi connectivity index (χ4n) is 6.36. The summed E-state index contributed by atoms with van der Waals surface area (Å²) in [6, 6.07) is 19.2. The van der Waals surface area contributed by atoms with Crippen molar-refractivity contribution < 1.29 is 28.6 Å². The molecule has 232 valence electrons. The SMILES string of the molecule is CC(C)c1c(C(=O)Nc2ccccc2)c(-c2ccccc2)c(C2=CCC(F)C=C2)n1CC[C@@H]1C[C@H](CC(=O)O)OC(C)(C)O1. The summed E-state index contributed by atoms with van der Waals surface area (Å²) in [5.74, 6) is -2.08. The Balaban J connectivity index is 1.64. The molecule has 1 aliphatic carbocycles. The summed E-state index contributed by atoms with van der Waals surface area (Å²) >= 11 is 0. The summed E-state index contributed by atoms with van der Waals surface area (Å²) in [6.45, 7) is 8.26. The van der Waals surface area contributed by atoms with E-state index in [-0.39, 0.29) is 30.8 Å². The molecule has 0 spiro atoms. The zero-order valence-corrected chi connectivity index (χ0v) is 25.8. The summed E-state index contributed by atoms with van der Waals surface area (Å²) in [6.07, 6.45) is 4.68. The Bertz CT molecular complexity index is 1540. The Morgan fingerprint density at radius 3 is 2.32 bits per heavy atom. The van der Waals surface area contributed by atoms with Gasteiger partial charge in [-0.15, -0.1) is 0 Å². The van der Waals surface area contributed by atoms with E-state index in [0.29, 0.717) is 30.6 Å². The quantitative estimate of drug-likeness (QED) is 0.246. The molecule has 1 unspecified atom stereocenters. The lowest BCUT2D eigenvalue weighted by atomic mass is 9.92. The number of allylic oxidation sites excluding steroid dienone is 4. The van der Waals surface area contributed by atoms with Crippen LogP contribution in [0.2, 0.25) is 0 Å². The number of aromatic nitrogens is 1. The highest BCUT2D eigenvalue weighted by Crippen LogP contribution is 2.42. The molecule has 1 fully saturated rings. The molecule has 0 bridgehead atoms. The van der Waals surface area contributed by atoms with Crippen molar-refractivity contribution in [2.75, 3.05) is 5.32 Å². The lowest BCUT2D eigenvalue weighted by Crippen LogP contribution is -2.45. The number of hydrogen-bond acceptors (Lipinski definition) is 4. The summed E-state index contributed by atoms with van der Waals surface area (Å²) in [7, 11) is 0. The molecule has 44 heavy (non-hydrogen) atoms. The van der Waals surface area contributed by atoms with E-state index in [0.717, 1.165) is 28.1 Å². The molecule has 2 aliphatic rings. The zero-order valence-electron chi connectivity index (χ0n) is 25.8. The van der Waals surface area contributed by atoms with Crippen LogP contribution in [0.15, 0.2) is 78.9 Å². The van der Waals surface area contributed by atoms with Gasteiger partial charge in [-0.2, -0.15) is 0 Å². The van der Waals surface area contributed by atoms with E-state index < -0.39 is 24.0 Å². The monoisotopic (exact) mass is 600 g/mol. The number of nitrogens with one attached hydrogen (secondary N) is 1. The summed E-state index contributed by atoms with van der Waals surface area (Å²) in [5.41, 5.74) is 5.55. The lowest BCUT2D eigenvalue weighted by Gasteiger charge is -2.40. The van der Waals surface area contributed by atoms with E-state index in [1.807, 2.05) is 72.8 Å². The third kappa shape index (κ3) is 7.20. The predicted molar refractivity (Wildman–Crippen MR) is 170 cm³/mol. The van der Waals surface area contributed by atoms with Gasteiger partial charge in [0.05, 0.1) is 29.9 Å². The van der Waals surface area contributed by atoms with Crippen LogP contribution in [-0.2, 0) is 20.8 Å². The Morgan fingerprint density at radius 2 is 1.70 bits per heavy atom. The maximum Gasteiger partial charge on any atom is 0.305 e. The van der Waals surface area contributed by atoms with Crippen molar-refractivity contribution in [2.24, 2.45) is 0 Å². The first-order valence-electron chi connectivity index (χ1n) is 15.3. The predicted octanol–water partition coefficient (Wildman–Crippen LogP) is 7.99. The average Bonchev–Trinajstić information content (AvgIpc) is 3.32. The fourth-order valence-corrected chi connectivity index (χ4v) is 6.36. The Hall–Kier alpha value is -4.01. The van der Waals surface area contributed by atoms with Crippen LogP contribution in [0.4, 0.5) is 10.1 Å². The third-order valence-electron chi connectivity index (χ3n) is 8.00. The van der Waals surface area contributed by atoms with Crippen molar-refractivity contribution in [1.29, 1.82) is 0 Å². The minimum atomic E-state index is -1.06. The average molecular weight is 601 g/mol. The van der Waals surface area contributed by atoms with Gasteiger partial charge in [0.2, 0.25) is 0 Å². The first-order valence-corrected chi connectivity index (χ1v) is 15.3. The van der Waals surface area contributed by atoms with Crippen molar-refractivity contribution in [3.63, 3.8) is 0 Å². The number of nitrogens with zero attached hydrogens (tertiary/aromatic N) is 1. The maximum absolute atomic E-state index is 14.3. The number of ether oxygens (including phenoxy) is 2. The van der Waals surface area contributed by atoms with Gasteiger partial charge in [0.15, 0.2) is 5.79 Å². The lowest BCUT2D eigenvalue weighted by molar-refractivity contribution is -0.300. The van der Waals surface area contributed by atoms with Crippen molar-refractivity contribution in [1.82, 2.24) is 4.57 Å². The van der Waals surface area contributed by atoms with E-state index in [9.17, 15) is 19.1 Å². The zero-order chi connectivity index (χ0) is 31.4. The molecule has 3 atom stereocenters. The summed E-state index contributed by atoms with van der Waals surface area (Å²) in [4.78, 5) is 25.7. The number of halogens is 1. The molecular formula is C36H41FN2O5. The van der Waals surface area contributed by atoms with Crippen molar-refractivity contribution in [2.45, 2.75) is 90.0 Å². The van der Waals surface area contributed by atoms with Crippen LogP contribution < -0.4 is 5.32 Å². The van der Waals surface area contributed by atoms with Gasteiger partial charge in [0.1, 0.15) is 6.17 Å². The number of alkyl halides is 1. The van der Waals surface area contributed by atoms with Gasteiger partial charge >= 0.3 is 5.97 Å². The molecular weight excluding hydrogens is 559 g/mol. The second kappa shape index (κ2) is 13.3. The number of amides is 1. The van der Waals surface area contributed by atoms with Crippen LogP contribution in [0.1, 0.15) is 81.0 Å². The van der Waals surface area contributed by atoms with Crippen LogP contribution >= 0.6 is 0 Å². The van der Waals surface area contributed by atoms with Gasteiger partial charge in [-0.25, -0.2) is 4.39 Å². The molecule has 2 aromatic carbocycles. The van der Waals surface area contributed by atoms with Gasteiger partial charge in [-0.3, -0.25) is 9.59 Å². The summed E-state index contributed by atoms with van der Waals surface area (Å²) in [5, 5.41) is 12.5. The second-order valence-corrected chi connectivity index (χ2v) is 12.2. The molecule has 8 heteroatoms. The second-order valence-electron chi connectivity index (χ2n) is 12.2. The molecule has 7 nitrogen and oxygen atoms in total. The van der Waals surface area contributed by atoms with Crippen molar-refractivity contribution in [3.8, 4) is 11.1 Å². The van der Waals surface area contributed by atoms with Crippen LogP contribution in [0, 0.1) is 0 Å². The number of hydrogen-bond donors (Lipinski definition) is 2. The van der Waals surface area contributed by atoms with Gasteiger partial charge in [-0.1, -0.05) is 74.5 Å². The van der Waals surface area contributed by atoms with E-state index in [2.05, 4.69) is 23.7 Å². The topological polar surface area (TPSA) is 89.8 Å².